The van der Waals surface area contributed by atoms with Gasteiger partial charge in [0.25, 0.3) is 20.2 Å². The van der Waals surface area contributed by atoms with Crippen molar-refractivity contribution in [3.63, 3.8) is 0 Å². The lowest BCUT2D eigenvalue weighted by molar-refractivity contribution is -0.156. The topological polar surface area (TPSA) is 105 Å². The van der Waals surface area contributed by atoms with E-state index < -0.39 is 50.4 Å². The normalized spacial score (nSPS) is 27.7. The van der Waals surface area contributed by atoms with Gasteiger partial charge in [0.05, 0.1) is 24.3 Å². The second-order valence-corrected chi connectivity index (χ2v) is 9.37. The first-order valence-electron chi connectivity index (χ1n) is 6.52. The van der Waals surface area contributed by atoms with E-state index >= 15 is 0 Å². The average Bonchev–Trinajstić information content (AvgIpc) is 2.67. The lowest BCUT2D eigenvalue weighted by Gasteiger charge is -2.27. The molecule has 0 N–H and O–H groups in total. The highest BCUT2D eigenvalue weighted by atomic mass is 35.5. The van der Waals surface area contributed by atoms with Gasteiger partial charge in [0.1, 0.15) is 24.4 Å². The summed E-state index contributed by atoms with van der Waals surface area (Å²) in [6, 6.07) is 0. The van der Waals surface area contributed by atoms with E-state index in [1.807, 2.05) is 0 Å². The smallest absolute Gasteiger partial charge is 0.264 e. The van der Waals surface area contributed by atoms with Crippen LogP contribution in [0.2, 0.25) is 0 Å². The lowest BCUT2D eigenvalue weighted by atomic mass is 10.1. The summed E-state index contributed by atoms with van der Waals surface area (Å²) in [6.45, 7) is 3.16. The molecule has 4 atom stereocenters. The van der Waals surface area contributed by atoms with Crippen molar-refractivity contribution in [2.45, 2.75) is 44.1 Å². The van der Waals surface area contributed by atoms with Gasteiger partial charge in [0.15, 0.2) is 5.79 Å². The first-order valence-corrected chi connectivity index (χ1v) is 11.2. The Balaban J connectivity index is 3.10. The van der Waals surface area contributed by atoms with Gasteiger partial charge in [-0.1, -0.05) is 0 Å². The van der Waals surface area contributed by atoms with E-state index in [9.17, 15) is 16.8 Å². The van der Waals surface area contributed by atoms with Crippen molar-refractivity contribution < 1.29 is 34.7 Å². The van der Waals surface area contributed by atoms with Crippen molar-refractivity contribution in [3.05, 3.63) is 0 Å². The van der Waals surface area contributed by atoms with Crippen LogP contribution in [0.3, 0.4) is 0 Å². The minimum Gasteiger partial charge on any atom is -0.342 e. The van der Waals surface area contributed by atoms with Gasteiger partial charge in [-0.15, -0.1) is 23.2 Å². The molecule has 0 aliphatic carbocycles. The van der Waals surface area contributed by atoms with Crippen LogP contribution in [0.1, 0.15) is 13.8 Å². The maximum absolute atomic E-state index is 11.4. The molecule has 0 radical (unpaired) electrons. The van der Waals surface area contributed by atoms with Crippen LogP contribution >= 0.6 is 23.2 Å². The van der Waals surface area contributed by atoms with Gasteiger partial charge in [-0.3, -0.25) is 8.37 Å². The Bertz CT molecular complexity index is 552. The predicted octanol–water partition coefficient (Wildman–Crippen LogP) is 0.674. The second kappa shape index (κ2) is 7.69. The number of rotatable bonds is 8. The minimum atomic E-state index is -3.81. The van der Waals surface area contributed by atoms with Gasteiger partial charge in [-0.2, -0.15) is 16.8 Å². The van der Waals surface area contributed by atoms with E-state index in [4.69, 9.17) is 41.0 Å². The molecule has 0 aromatic rings. The summed E-state index contributed by atoms with van der Waals surface area (Å²) in [4.78, 5) is 0. The third-order valence-electron chi connectivity index (χ3n) is 2.80. The Morgan fingerprint density at radius 3 is 1.43 bits per heavy atom. The molecule has 1 fully saturated rings. The van der Waals surface area contributed by atoms with Crippen LogP contribution in [0.5, 0.6) is 0 Å². The summed E-state index contributed by atoms with van der Waals surface area (Å²) >= 11 is 11.6. The summed E-state index contributed by atoms with van der Waals surface area (Å²) in [7, 11) is -7.63. The van der Waals surface area contributed by atoms with E-state index in [0.29, 0.717) is 0 Å². The molecular formula is C11H20Cl2O8S2. The Hall–Kier alpha value is 0.320. The Morgan fingerprint density at radius 1 is 0.913 bits per heavy atom. The zero-order valence-corrected chi connectivity index (χ0v) is 16.2. The third kappa shape index (κ3) is 6.99. The average molecular weight is 415 g/mol. The standard InChI is InChI=1S/C11H20Cl2O8S2/c1-11(2)18-9(7(5-12)20-22(3,14)15)10(19-11)8(6-13)21-23(4,16)17/h7-10H,5-6H2,1-4H3/t7-,8-,9-,10+/m1/s1. The third-order valence-corrected chi connectivity index (χ3v) is 4.60. The summed E-state index contributed by atoms with van der Waals surface area (Å²) in [5.74, 6) is -1.56. The van der Waals surface area contributed by atoms with Gasteiger partial charge in [-0.05, 0) is 13.8 Å². The summed E-state index contributed by atoms with van der Waals surface area (Å²) in [6.07, 6.45) is -2.41. The van der Waals surface area contributed by atoms with Gasteiger partial charge in [0.2, 0.25) is 0 Å². The zero-order chi connectivity index (χ0) is 18.1. The minimum absolute atomic E-state index is 0.221. The van der Waals surface area contributed by atoms with Gasteiger partial charge in [0, 0.05) is 0 Å². The van der Waals surface area contributed by atoms with Crippen molar-refractivity contribution >= 4 is 43.4 Å². The second-order valence-electron chi connectivity index (χ2n) is 5.55. The van der Waals surface area contributed by atoms with E-state index in [0.717, 1.165) is 12.5 Å². The molecule has 0 amide bonds. The quantitative estimate of drug-likeness (QED) is 0.421. The largest absolute Gasteiger partial charge is 0.342 e. The predicted molar refractivity (Wildman–Crippen MR) is 84.7 cm³/mol. The lowest BCUT2D eigenvalue weighted by Crippen LogP contribution is -2.47. The summed E-state index contributed by atoms with van der Waals surface area (Å²) in [5, 5.41) is 0. The maximum Gasteiger partial charge on any atom is 0.264 e. The summed E-state index contributed by atoms with van der Waals surface area (Å²) in [5.41, 5.74) is 0. The SMILES string of the molecule is CC1(C)O[C@@H]([C@@H](CCl)OS(C)(=O)=O)[C@@H]([C@@H](CCl)OS(C)(=O)=O)O1. The number of ether oxygens (including phenoxy) is 2. The Kier molecular flexibility index (Phi) is 7.14. The number of alkyl halides is 2. The molecule has 1 aliphatic heterocycles. The van der Waals surface area contributed by atoms with Gasteiger partial charge < -0.3 is 9.47 Å². The number of halogens is 2. The van der Waals surface area contributed by atoms with Crippen molar-refractivity contribution in [1.29, 1.82) is 0 Å². The van der Waals surface area contributed by atoms with Crippen LogP contribution in [-0.4, -0.2) is 71.3 Å². The molecule has 23 heavy (non-hydrogen) atoms. The van der Waals surface area contributed by atoms with Gasteiger partial charge >= 0.3 is 0 Å². The van der Waals surface area contributed by atoms with Crippen LogP contribution in [0.25, 0.3) is 0 Å². The first kappa shape index (κ1) is 21.4. The molecule has 1 aliphatic rings. The van der Waals surface area contributed by atoms with Crippen molar-refractivity contribution in [2.75, 3.05) is 24.3 Å². The molecule has 138 valence electrons. The highest BCUT2D eigenvalue weighted by Gasteiger charge is 2.50. The van der Waals surface area contributed by atoms with Crippen LogP contribution in [0, 0.1) is 0 Å². The fourth-order valence-electron chi connectivity index (χ4n) is 2.18. The van der Waals surface area contributed by atoms with Crippen LogP contribution in [0.4, 0.5) is 0 Å². The van der Waals surface area contributed by atoms with Crippen molar-refractivity contribution in [2.24, 2.45) is 0 Å². The first-order chi connectivity index (χ1) is 10.3. The fraction of sp³-hybridized carbons (Fsp3) is 1.00. The Morgan fingerprint density at radius 2 is 1.22 bits per heavy atom. The van der Waals surface area contributed by atoms with E-state index in [2.05, 4.69) is 0 Å². The molecular weight excluding hydrogens is 395 g/mol. The molecule has 1 rings (SSSR count). The van der Waals surface area contributed by atoms with Crippen LogP contribution < -0.4 is 0 Å². The highest BCUT2D eigenvalue weighted by Crippen LogP contribution is 2.35. The number of hydrogen-bond donors (Lipinski definition) is 0. The molecule has 0 saturated carbocycles. The molecule has 1 saturated heterocycles. The fourth-order valence-corrected chi connectivity index (χ4v) is 4.06. The van der Waals surface area contributed by atoms with Crippen molar-refractivity contribution in [1.82, 2.24) is 0 Å². The molecule has 0 aromatic heterocycles. The maximum atomic E-state index is 11.4. The molecule has 0 bridgehead atoms. The van der Waals surface area contributed by atoms with Gasteiger partial charge in [-0.25, -0.2) is 0 Å². The van der Waals surface area contributed by atoms with Crippen LogP contribution in [-0.2, 0) is 38.1 Å². The monoisotopic (exact) mass is 414 g/mol. The molecule has 0 aromatic carbocycles. The molecule has 1 heterocycles. The molecule has 12 heteroatoms. The molecule has 8 nitrogen and oxygen atoms in total. The molecule has 0 spiro atoms. The molecule has 0 unspecified atom stereocenters. The van der Waals surface area contributed by atoms with Crippen molar-refractivity contribution in [3.8, 4) is 0 Å². The zero-order valence-electron chi connectivity index (χ0n) is 13.1. The highest BCUT2D eigenvalue weighted by molar-refractivity contribution is 7.86. The van der Waals surface area contributed by atoms with Crippen LogP contribution in [0.15, 0.2) is 0 Å². The van der Waals surface area contributed by atoms with E-state index in [-0.39, 0.29) is 11.8 Å². The Labute approximate surface area is 146 Å². The summed E-state index contributed by atoms with van der Waals surface area (Å²) < 4.78 is 66.5. The number of hydrogen-bond acceptors (Lipinski definition) is 8. The van der Waals surface area contributed by atoms with E-state index in [1.165, 1.54) is 0 Å². The van der Waals surface area contributed by atoms with E-state index in [1.54, 1.807) is 13.8 Å².